The fraction of sp³-hybridized carbons (Fsp3) is 0.455. The van der Waals surface area contributed by atoms with Crippen LogP contribution in [0.4, 0.5) is 13.2 Å². The van der Waals surface area contributed by atoms with E-state index < -0.39 is 30.4 Å². The van der Waals surface area contributed by atoms with Crippen molar-refractivity contribution in [3.05, 3.63) is 24.0 Å². The summed E-state index contributed by atoms with van der Waals surface area (Å²) in [5, 5.41) is 9.42. The normalized spacial score (nSPS) is 11.7. The lowest BCUT2D eigenvalue weighted by molar-refractivity contribution is -0.143. The Hall–Kier alpha value is -1.79. The summed E-state index contributed by atoms with van der Waals surface area (Å²) in [5.41, 5.74) is -0.192. The molecule has 0 atom stereocenters. The largest absolute Gasteiger partial charge is 0.505 e. The smallest absolute Gasteiger partial charge is 0.406 e. The fourth-order valence-corrected chi connectivity index (χ4v) is 1.40. The third kappa shape index (κ3) is 3.61. The van der Waals surface area contributed by atoms with Crippen molar-refractivity contribution in [3.8, 4) is 5.75 Å². The van der Waals surface area contributed by atoms with Gasteiger partial charge in [-0.3, -0.25) is 9.78 Å². The average Bonchev–Trinajstić information content (AvgIpc) is 2.24. The Labute approximate surface area is 102 Å². The maximum Gasteiger partial charge on any atom is 0.406 e. The van der Waals surface area contributed by atoms with Gasteiger partial charge in [-0.05, 0) is 19.9 Å². The van der Waals surface area contributed by atoms with Crippen LogP contribution in [0.15, 0.2) is 18.5 Å². The van der Waals surface area contributed by atoms with E-state index >= 15 is 0 Å². The van der Waals surface area contributed by atoms with E-state index in [0.29, 0.717) is 4.90 Å². The molecule has 1 amide bonds. The second-order valence-corrected chi connectivity index (χ2v) is 4.03. The van der Waals surface area contributed by atoms with Gasteiger partial charge in [-0.25, -0.2) is 0 Å². The molecule has 0 spiro atoms. The molecule has 1 aromatic rings. The number of aromatic hydroxyl groups is 1. The van der Waals surface area contributed by atoms with Gasteiger partial charge in [-0.2, -0.15) is 13.2 Å². The van der Waals surface area contributed by atoms with E-state index in [4.69, 9.17) is 0 Å². The van der Waals surface area contributed by atoms with Crippen molar-refractivity contribution < 1.29 is 23.1 Å². The molecule has 0 aliphatic heterocycles. The molecule has 0 fully saturated rings. The van der Waals surface area contributed by atoms with Crippen molar-refractivity contribution in [2.24, 2.45) is 0 Å². The van der Waals surface area contributed by atoms with Crippen LogP contribution in [0.25, 0.3) is 0 Å². The fourth-order valence-electron chi connectivity index (χ4n) is 1.40. The molecular weight excluding hydrogens is 249 g/mol. The standard InChI is InChI=1S/C11H13F3N2O2/c1-7(2)16(6-11(12,13)14)10(18)8-3-4-15-5-9(8)17/h3-5,7,17H,6H2,1-2H3. The molecule has 1 aromatic heterocycles. The van der Waals surface area contributed by atoms with E-state index in [2.05, 4.69) is 4.98 Å². The number of amides is 1. The number of alkyl halides is 3. The molecule has 100 valence electrons. The number of rotatable bonds is 3. The van der Waals surface area contributed by atoms with Crippen molar-refractivity contribution in [3.63, 3.8) is 0 Å². The van der Waals surface area contributed by atoms with Crippen LogP contribution >= 0.6 is 0 Å². The van der Waals surface area contributed by atoms with Gasteiger partial charge in [0.1, 0.15) is 12.3 Å². The molecule has 0 aliphatic carbocycles. The van der Waals surface area contributed by atoms with E-state index in [1.807, 2.05) is 0 Å². The topological polar surface area (TPSA) is 53.4 Å². The second kappa shape index (κ2) is 5.24. The second-order valence-electron chi connectivity index (χ2n) is 4.03. The van der Waals surface area contributed by atoms with Gasteiger partial charge in [0.05, 0.1) is 11.8 Å². The Morgan fingerprint density at radius 1 is 1.50 bits per heavy atom. The van der Waals surface area contributed by atoms with Gasteiger partial charge in [0.2, 0.25) is 0 Å². The number of aromatic nitrogens is 1. The predicted octanol–water partition coefficient (Wildman–Crippen LogP) is 2.20. The van der Waals surface area contributed by atoms with Crippen LogP contribution in [0.3, 0.4) is 0 Å². The highest BCUT2D eigenvalue weighted by Gasteiger charge is 2.35. The summed E-state index contributed by atoms with van der Waals surface area (Å²) in [6.07, 6.45) is -2.24. The van der Waals surface area contributed by atoms with E-state index in [-0.39, 0.29) is 5.56 Å². The lowest BCUT2D eigenvalue weighted by Crippen LogP contribution is -2.43. The molecule has 0 saturated heterocycles. The van der Waals surface area contributed by atoms with Gasteiger partial charge in [0.15, 0.2) is 0 Å². The number of hydrogen-bond acceptors (Lipinski definition) is 3. The highest BCUT2D eigenvalue weighted by Crippen LogP contribution is 2.22. The zero-order valence-electron chi connectivity index (χ0n) is 9.90. The Bertz CT molecular complexity index is 433. The highest BCUT2D eigenvalue weighted by molar-refractivity contribution is 5.96. The molecule has 0 saturated carbocycles. The van der Waals surface area contributed by atoms with Crippen LogP contribution in [-0.4, -0.2) is 39.7 Å². The molecule has 0 aliphatic rings. The summed E-state index contributed by atoms with van der Waals surface area (Å²) in [5.74, 6) is -1.31. The van der Waals surface area contributed by atoms with Crippen LogP contribution in [0.2, 0.25) is 0 Å². The minimum Gasteiger partial charge on any atom is -0.505 e. The highest BCUT2D eigenvalue weighted by atomic mass is 19.4. The SMILES string of the molecule is CC(C)N(CC(F)(F)F)C(=O)c1ccncc1O. The Morgan fingerprint density at radius 2 is 2.11 bits per heavy atom. The Morgan fingerprint density at radius 3 is 2.56 bits per heavy atom. The van der Waals surface area contributed by atoms with Gasteiger partial charge in [-0.1, -0.05) is 0 Å². The van der Waals surface area contributed by atoms with Gasteiger partial charge in [0.25, 0.3) is 5.91 Å². The summed E-state index contributed by atoms with van der Waals surface area (Å²) >= 11 is 0. The molecule has 1 rings (SSSR count). The van der Waals surface area contributed by atoms with Crippen molar-refractivity contribution >= 4 is 5.91 Å². The van der Waals surface area contributed by atoms with Crippen molar-refractivity contribution in [1.82, 2.24) is 9.88 Å². The lowest BCUT2D eigenvalue weighted by Gasteiger charge is -2.27. The summed E-state index contributed by atoms with van der Waals surface area (Å²) in [4.78, 5) is 16.1. The zero-order chi connectivity index (χ0) is 13.9. The lowest BCUT2D eigenvalue weighted by atomic mass is 10.2. The minimum absolute atomic E-state index is 0.192. The summed E-state index contributed by atoms with van der Waals surface area (Å²) in [6, 6.07) is 0.551. The number of carbonyl (C=O) groups excluding carboxylic acids is 1. The first-order valence-electron chi connectivity index (χ1n) is 5.23. The van der Waals surface area contributed by atoms with Crippen molar-refractivity contribution in [2.45, 2.75) is 26.1 Å². The van der Waals surface area contributed by atoms with Crippen molar-refractivity contribution in [2.75, 3.05) is 6.54 Å². The number of hydrogen-bond donors (Lipinski definition) is 1. The van der Waals surface area contributed by atoms with Gasteiger partial charge in [0, 0.05) is 12.2 Å². The molecule has 0 bridgehead atoms. The molecule has 4 nitrogen and oxygen atoms in total. The first-order chi connectivity index (χ1) is 8.22. The van der Waals surface area contributed by atoms with Gasteiger partial charge >= 0.3 is 6.18 Å². The molecule has 0 unspecified atom stereocenters. The predicted molar refractivity (Wildman–Crippen MR) is 58.1 cm³/mol. The summed E-state index contributed by atoms with van der Waals surface area (Å²) in [6.45, 7) is 1.59. The van der Waals surface area contributed by atoms with E-state index in [0.717, 1.165) is 6.20 Å². The van der Waals surface area contributed by atoms with Crippen LogP contribution < -0.4 is 0 Å². The summed E-state index contributed by atoms with van der Waals surface area (Å²) in [7, 11) is 0. The molecular formula is C11H13F3N2O2. The maximum atomic E-state index is 12.4. The third-order valence-electron chi connectivity index (χ3n) is 2.26. The van der Waals surface area contributed by atoms with E-state index in [1.54, 1.807) is 0 Å². The van der Waals surface area contributed by atoms with Gasteiger partial charge in [-0.15, -0.1) is 0 Å². The maximum absolute atomic E-state index is 12.4. The first-order valence-corrected chi connectivity index (χ1v) is 5.23. The summed E-state index contributed by atoms with van der Waals surface area (Å²) < 4.78 is 37.1. The number of halogens is 3. The number of carbonyl (C=O) groups is 1. The molecule has 1 N–H and O–H groups in total. The van der Waals surface area contributed by atoms with Crippen LogP contribution in [0.1, 0.15) is 24.2 Å². The van der Waals surface area contributed by atoms with Crippen molar-refractivity contribution in [1.29, 1.82) is 0 Å². The molecule has 1 heterocycles. The monoisotopic (exact) mass is 262 g/mol. The first kappa shape index (κ1) is 14.3. The third-order valence-corrected chi connectivity index (χ3v) is 2.26. The Kier molecular flexibility index (Phi) is 4.15. The molecule has 18 heavy (non-hydrogen) atoms. The van der Waals surface area contributed by atoms with E-state index in [9.17, 15) is 23.1 Å². The molecule has 7 heteroatoms. The van der Waals surface area contributed by atoms with Crippen LogP contribution in [0, 0.1) is 0 Å². The average molecular weight is 262 g/mol. The Balaban J connectivity index is 3.01. The molecule has 0 aromatic carbocycles. The van der Waals surface area contributed by atoms with E-state index in [1.165, 1.54) is 26.1 Å². The number of nitrogens with zero attached hydrogens (tertiary/aromatic N) is 2. The zero-order valence-corrected chi connectivity index (χ0v) is 9.90. The van der Waals surface area contributed by atoms with Gasteiger partial charge < -0.3 is 10.0 Å². The van der Waals surface area contributed by atoms with Crippen LogP contribution in [0.5, 0.6) is 5.75 Å². The van der Waals surface area contributed by atoms with Crippen LogP contribution in [-0.2, 0) is 0 Å². The minimum atomic E-state index is -4.48. The quantitative estimate of drug-likeness (QED) is 0.908. The molecule has 0 radical (unpaired) electrons. The number of pyridine rings is 1.